The van der Waals surface area contributed by atoms with E-state index in [0.29, 0.717) is 0 Å². The minimum Gasteiger partial charge on any atom is -0.398 e. The number of aromatic nitrogens is 2. The molecule has 0 aliphatic carbocycles. The molecule has 0 unspecified atom stereocenters. The van der Waals surface area contributed by atoms with E-state index in [-0.39, 0.29) is 0 Å². The number of nitrogens with one attached hydrogen (secondary N) is 1. The Bertz CT molecular complexity index is 577. The quantitative estimate of drug-likeness (QED) is 0.701. The number of benzene rings is 1. The first-order valence-electron chi connectivity index (χ1n) is 5.30. The summed E-state index contributed by atoms with van der Waals surface area (Å²) in [6.45, 7) is 3.96. The van der Waals surface area contributed by atoms with Gasteiger partial charge in [0.25, 0.3) is 0 Å². The topological polar surface area (TPSA) is 54.7 Å². The van der Waals surface area contributed by atoms with Crippen LogP contribution in [0.5, 0.6) is 0 Å². The third kappa shape index (κ3) is 1.72. The number of rotatable bonds is 1. The van der Waals surface area contributed by atoms with Crippen LogP contribution in [-0.4, -0.2) is 9.97 Å². The van der Waals surface area contributed by atoms with Gasteiger partial charge in [-0.3, -0.25) is 0 Å². The number of imidazole rings is 1. The molecule has 2 rings (SSSR count). The van der Waals surface area contributed by atoms with E-state index < -0.39 is 0 Å². The molecule has 1 heterocycles. The molecule has 1 aromatic carbocycles. The lowest BCUT2D eigenvalue weighted by molar-refractivity contribution is 1.28. The van der Waals surface area contributed by atoms with Gasteiger partial charge in [-0.25, -0.2) is 4.98 Å². The van der Waals surface area contributed by atoms with Gasteiger partial charge in [-0.05, 0) is 26.0 Å². The number of aromatic amines is 1. The molecule has 2 aromatic rings. The fourth-order valence-electron chi connectivity index (χ4n) is 1.68. The number of hydrogen-bond acceptors (Lipinski definition) is 2. The number of H-pyrrole nitrogens is 1. The Balaban J connectivity index is 2.68. The molecule has 0 saturated heterocycles. The van der Waals surface area contributed by atoms with Crippen molar-refractivity contribution in [1.29, 1.82) is 0 Å². The summed E-state index contributed by atoms with van der Waals surface area (Å²) in [5.41, 5.74) is 7.60. The van der Waals surface area contributed by atoms with Gasteiger partial charge in [0.1, 0.15) is 5.82 Å². The Morgan fingerprint density at radius 3 is 2.50 bits per heavy atom. The first-order chi connectivity index (χ1) is 7.76. The largest absolute Gasteiger partial charge is 0.398 e. The van der Waals surface area contributed by atoms with Gasteiger partial charge in [0.05, 0.1) is 10.7 Å². The SMILES string of the molecule is C/C=c1/nc(-c2ccccc2N)[nH]/c1=C/C. The Morgan fingerprint density at radius 1 is 1.19 bits per heavy atom. The van der Waals surface area contributed by atoms with Gasteiger partial charge >= 0.3 is 0 Å². The van der Waals surface area contributed by atoms with Crippen molar-refractivity contribution in [2.24, 2.45) is 0 Å². The van der Waals surface area contributed by atoms with Crippen molar-refractivity contribution in [2.45, 2.75) is 13.8 Å². The molecule has 16 heavy (non-hydrogen) atoms. The Kier molecular flexibility index (Phi) is 2.77. The van der Waals surface area contributed by atoms with Crippen molar-refractivity contribution in [2.75, 3.05) is 5.73 Å². The number of nitrogens with zero attached hydrogens (tertiary/aromatic N) is 1. The lowest BCUT2D eigenvalue weighted by Crippen LogP contribution is -2.23. The van der Waals surface area contributed by atoms with Crippen molar-refractivity contribution >= 4 is 17.8 Å². The highest BCUT2D eigenvalue weighted by molar-refractivity contribution is 5.71. The Labute approximate surface area is 94.3 Å². The van der Waals surface area contributed by atoms with E-state index in [9.17, 15) is 0 Å². The third-order valence-electron chi connectivity index (χ3n) is 2.54. The predicted molar refractivity (Wildman–Crippen MR) is 68.0 cm³/mol. The van der Waals surface area contributed by atoms with Gasteiger partial charge in [0.2, 0.25) is 0 Å². The van der Waals surface area contributed by atoms with Gasteiger partial charge in [0, 0.05) is 11.3 Å². The van der Waals surface area contributed by atoms with Crippen LogP contribution in [-0.2, 0) is 0 Å². The predicted octanol–water partition coefficient (Wildman–Crippen LogP) is 1.26. The van der Waals surface area contributed by atoms with Crippen LogP contribution >= 0.6 is 0 Å². The van der Waals surface area contributed by atoms with E-state index in [1.807, 2.05) is 50.3 Å². The molecule has 0 aliphatic rings. The standard InChI is InChI=1S/C13H15N3/c1-3-11-12(4-2)16-13(15-11)9-7-5-6-8-10(9)14/h3-8H,14H2,1-2H3,(H,15,16)/b11-3+,12-4+. The van der Waals surface area contributed by atoms with Crippen molar-refractivity contribution in [3.05, 3.63) is 35.0 Å². The van der Waals surface area contributed by atoms with E-state index in [2.05, 4.69) is 9.97 Å². The van der Waals surface area contributed by atoms with Crippen molar-refractivity contribution in [1.82, 2.24) is 9.97 Å². The zero-order chi connectivity index (χ0) is 11.5. The normalized spacial score (nSPS) is 13.4. The number of para-hydroxylation sites is 1. The number of hydrogen-bond donors (Lipinski definition) is 2. The highest BCUT2D eigenvalue weighted by Gasteiger charge is 2.04. The second kappa shape index (κ2) is 4.23. The van der Waals surface area contributed by atoms with Crippen molar-refractivity contribution in [3.8, 4) is 11.4 Å². The van der Waals surface area contributed by atoms with Gasteiger partial charge < -0.3 is 10.7 Å². The maximum absolute atomic E-state index is 5.91. The van der Waals surface area contributed by atoms with Gasteiger partial charge in [-0.15, -0.1) is 0 Å². The van der Waals surface area contributed by atoms with E-state index >= 15 is 0 Å². The third-order valence-corrected chi connectivity index (χ3v) is 2.54. The Morgan fingerprint density at radius 2 is 1.94 bits per heavy atom. The summed E-state index contributed by atoms with van der Waals surface area (Å²) in [6.07, 6.45) is 3.99. The lowest BCUT2D eigenvalue weighted by atomic mass is 10.2. The molecule has 3 N–H and O–H groups in total. The average molecular weight is 213 g/mol. The fourth-order valence-corrected chi connectivity index (χ4v) is 1.68. The molecule has 0 radical (unpaired) electrons. The van der Waals surface area contributed by atoms with Crippen LogP contribution < -0.4 is 16.4 Å². The number of anilines is 1. The number of nitrogen functional groups attached to an aromatic ring is 1. The van der Waals surface area contributed by atoms with E-state index in [1.165, 1.54) is 0 Å². The van der Waals surface area contributed by atoms with Gasteiger partial charge in [0.15, 0.2) is 0 Å². The molecule has 1 aromatic heterocycles. The highest BCUT2D eigenvalue weighted by atomic mass is 14.9. The molecule has 0 saturated carbocycles. The molecule has 0 fully saturated rings. The van der Waals surface area contributed by atoms with Gasteiger partial charge in [-0.1, -0.05) is 24.3 Å². The summed E-state index contributed by atoms with van der Waals surface area (Å²) in [6, 6.07) is 7.72. The summed E-state index contributed by atoms with van der Waals surface area (Å²) in [5, 5.41) is 1.99. The minimum absolute atomic E-state index is 0.738. The lowest BCUT2D eigenvalue weighted by Gasteiger charge is -2.00. The second-order valence-corrected chi connectivity index (χ2v) is 3.55. The van der Waals surface area contributed by atoms with Crippen LogP contribution in [0.25, 0.3) is 23.5 Å². The summed E-state index contributed by atoms with van der Waals surface area (Å²) in [7, 11) is 0. The molecule has 3 nitrogen and oxygen atoms in total. The molecular weight excluding hydrogens is 198 g/mol. The molecule has 0 bridgehead atoms. The van der Waals surface area contributed by atoms with E-state index in [1.54, 1.807) is 0 Å². The van der Waals surface area contributed by atoms with Crippen molar-refractivity contribution in [3.63, 3.8) is 0 Å². The van der Waals surface area contributed by atoms with Crippen molar-refractivity contribution < 1.29 is 0 Å². The fraction of sp³-hybridized carbons (Fsp3) is 0.154. The summed E-state index contributed by atoms with van der Waals surface area (Å²) in [5.74, 6) is 0.819. The summed E-state index contributed by atoms with van der Waals surface area (Å²) < 4.78 is 0. The molecule has 3 heteroatoms. The first-order valence-corrected chi connectivity index (χ1v) is 5.30. The first kappa shape index (κ1) is 10.5. The summed E-state index contributed by atoms with van der Waals surface area (Å²) in [4.78, 5) is 7.77. The van der Waals surface area contributed by atoms with Crippen LogP contribution in [0.4, 0.5) is 5.69 Å². The van der Waals surface area contributed by atoms with Crippen LogP contribution in [0, 0.1) is 0 Å². The van der Waals surface area contributed by atoms with Crippen LogP contribution in [0.1, 0.15) is 13.8 Å². The molecule has 82 valence electrons. The molecule has 0 spiro atoms. The molecule has 0 atom stereocenters. The molecule has 0 aliphatic heterocycles. The van der Waals surface area contributed by atoms with Gasteiger partial charge in [-0.2, -0.15) is 0 Å². The van der Waals surface area contributed by atoms with E-state index in [0.717, 1.165) is 27.8 Å². The summed E-state index contributed by atoms with van der Waals surface area (Å²) >= 11 is 0. The minimum atomic E-state index is 0.738. The maximum atomic E-state index is 5.91. The zero-order valence-electron chi connectivity index (χ0n) is 9.49. The molecule has 0 amide bonds. The van der Waals surface area contributed by atoms with Crippen LogP contribution in [0.2, 0.25) is 0 Å². The maximum Gasteiger partial charge on any atom is 0.140 e. The van der Waals surface area contributed by atoms with Crippen LogP contribution in [0.3, 0.4) is 0 Å². The Hall–Kier alpha value is -2.03. The average Bonchev–Trinajstić information content (AvgIpc) is 2.72. The monoisotopic (exact) mass is 213 g/mol. The molecular formula is C13H15N3. The van der Waals surface area contributed by atoms with E-state index in [4.69, 9.17) is 5.73 Å². The highest BCUT2D eigenvalue weighted by Crippen LogP contribution is 2.19. The zero-order valence-corrected chi connectivity index (χ0v) is 9.49. The van der Waals surface area contributed by atoms with Crippen LogP contribution in [0.15, 0.2) is 24.3 Å². The smallest absolute Gasteiger partial charge is 0.140 e. The number of nitrogens with two attached hydrogens (primary N) is 1. The second-order valence-electron chi connectivity index (χ2n) is 3.55.